The Kier molecular flexibility index (Phi) is 4.51. The SMILES string of the molecule is Cn1cc(-c2cnc3ccc(Sc4nnc5sc([C@@H](N)CC6CC6)nn45)cc3c2)cn1. The van der Waals surface area contributed by atoms with E-state index >= 15 is 0 Å². The number of pyridine rings is 1. The lowest BCUT2D eigenvalue weighted by Crippen LogP contribution is -2.11. The van der Waals surface area contributed by atoms with E-state index in [1.807, 2.05) is 36.2 Å². The highest BCUT2D eigenvalue weighted by Gasteiger charge is 2.26. The predicted octanol–water partition coefficient (Wildman–Crippen LogP) is 4.09. The molecule has 31 heavy (non-hydrogen) atoms. The van der Waals surface area contributed by atoms with Crippen LogP contribution in [0.5, 0.6) is 0 Å². The standard InChI is InChI=1S/C21H20N8S2/c1-28-11-15(10-24-28)14-7-13-8-16(4-5-18(13)23-9-14)30-20-25-26-21-29(20)27-19(31-21)17(22)6-12-2-3-12/h4-5,7-12,17H,2-3,6,22H2,1H3/t17-/m0/s1. The number of aryl methyl sites for hydroxylation is 1. The van der Waals surface area contributed by atoms with Crippen LogP contribution >= 0.6 is 23.1 Å². The van der Waals surface area contributed by atoms with Crippen LogP contribution in [0.15, 0.2) is 52.9 Å². The zero-order valence-electron chi connectivity index (χ0n) is 16.8. The van der Waals surface area contributed by atoms with E-state index in [0.29, 0.717) is 0 Å². The van der Waals surface area contributed by atoms with Gasteiger partial charge >= 0.3 is 0 Å². The summed E-state index contributed by atoms with van der Waals surface area (Å²) in [5.74, 6) is 0.765. The Morgan fingerprint density at radius 3 is 2.90 bits per heavy atom. The van der Waals surface area contributed by atoms with Crippen molar-refractivity contribution in [1.29, 1.82) is 0 Å². The Morgan fingerprint density at radius 2 is 2.10 bits per heavy atom. The Morgan fingerprint density at radius 1 is 1.19 bits per heavy atom. The topological polar surface area (TPSA) is 99.8 Å². The summed E-state index contributed by atoms with van der Waals surface area (Å²) in [4.78, 5) is 6.44. The zero-order chi connectivity index (χ0) is 20.9. The largest absolute Gasteiger partial charge is 0.322 e. The molecule has 2 N–H and O–H groups in total. The molecule has 0 amide bonds. The molecule has 1 aliphatic rings. The van der Waals surface area contributed by atoms with Crippen molar-refractivity contribution in [2.24, 2.45) is 18.7 Å². The van der Waals surface area contributed by atoms with Gasteiger partial charge in [0, 0.05) is 40.8 Å². The fraction of sp³-hybridized carbons (Fsp3) is 0.286. The predicted molar refractivity (Wildman–Crippen MR) is 121 cm³/mol. The maximum absolute atomic E-state index is 6.35. The quantitative estimate of drug-likeness (QED) is 0.418. The Hall–Kier alpha value is -2.82. The van der Waals surface area contributed by atoms with Crippen LogP contribution in [0.25, 0.3) is 27.0 Å². The van der Waals surface area contributed by atoms with E-state index in [1.54, 1.807) is 16.4 Å². The zero-order valence-corrected chi connectivity index (χ0v) is 18.5. The summed E-state index contributed by atoms with van der Waals surface area (Å²) in [6, 6.07) is 8.33. The van der Waals surface area contributed by atoms with E-state index in [1.165, 1.54) is 24.2 Å². The molecule has 1 atom stereocenters. The van der Waals surface area contributed by atoms with Crippen LogP contribution in [-0.4, -0.2) is 34.6 Å². The number of hydrogen-bond donors (Lipinski definition) is 1. The van der Waals surface area contributed by atoms with Gasteiger partial charge in [-0.25, -0.2) is 0 Å². The van der Waals surface area contributed by atoms with Gasteiger partial charge in [-0.05, 0) is 48.4 Å². The lowest BCUT2D eigenvalue weighted by Gasteiger charge is -2.05. The van der Waals surface area contributed by atoms with Crippen molar-refractivity contribution in [2.75, 3.05) is 0 Å². The number of nitrogens with two attached hydrogens (primary N) is 1. The van der Waals surface area contributed by atoms with Crippen LogP contribution in [0.3, 0.4) is 0 Å². The van der Waals surface area contributed by atoms with E-state index in [9.17, 15) is 0 Å². The number of fused-ring (bicyclic) bond motifs is 2. The lowest BCUT2D eigenvalue weighted by molar-refractivity contribution is 0.583. The average Bonchev–Trinajstić information content (AvgIpc) is 3.15. The van der Waals surface area contributed by atoms with Crippen molar-refractivity contribution >= 4 is 39.0 Å². The molecule has 0 saturated heterocycles. The first-order valence-electron chi connectivity index (χ1n) is 10.2. The summed E-state index contributed by atoms with van der Waals surface area (Å²) in [5.41, 5.74) is 9.39. The van der Waals surface area contributed by atoms with Crippen LogP contribution in [0.4, 0.5) is 0 Å². The van der Waals surface area contributed by atoms with Gasteiger partial charge in [0.25, 0.3) is 0 Å². The minimum absolute atomic E-state index is 0.0188. The summed E-state index contributed by atoms with van der Waals surface area (Å²) in [5, 5.41) is 20.3. The molecule has 10 heteroatoms. The third-order valence-electron chi connectivity index (χ3n) is 5.48. The van der Waals surface area contributed by atoms with Gasteiger partial charge in [-0.15, -0.1) is 10.2 Å². The molecule has 1 saturated carbocycles. The molecule has 1 fully saturated rings. The molecule has 1 aromatic carbocycles. The van der Waals surface area contributed by atoms with Crippen LogP contribution in [0.1, 0.15) is 30.3 Å². The Balaban J connectivity index is 1.29. The summed E-state index contributed by atoms with van der Waals surface area (Å²) in [6.07, 6.45) is 9.31. The molecule has 0 bridgehead atoms. The highest BCUT2D eigenvalue weighted by Crippen LogP contribution is 2.38. The molecule has 6 rings (SSSR count). The van der Waals surface area contributed by atoms with Crippen molar-refractivity contribution in [2.45, 2.75) is 35.4 Å². The van der Waals surface area contributed by atoms with Crippen molar-refractivity contribution in [3.63, 3.8) is 0 Å². The first-order chi connectivity index (χ1) is 15.1. The summed E-state index contributed by atoms with van der Waals surface area (Å²) in [6.45, 7) is 0. The number of hydrogen-bond acceptors (Lipinski definition) is 8. The second-order valence-corrected chi connectivity index (χ2v) is 10.0. The lowest BCUT2D eigenvalue weighted by atomic mass is 10.1. The molecule has 0 radical (unpaired) electrons. The van der Waals surface area contributed by atoms with Crippen LogP contribution < -0.4 is 5.73 Å². The van der Waals surface area contributed by atoms with Crippen LogP contribution in [-0.2, 0) is 7.05 Å². The number of aromatic nitrogens is 7. The third-order valence-corrected chi connectivity index (χ3v) is 7.44. The molecule has 8 nitrogen and oxygen atoms in total. The fourth-order valence-electron chi connectivity index (χ4n) is 3.65. The van der Waals surface area contributed by atoms with Gasteiger partial charge in [0.05, 0.1) is 17.8 Å². The summed E-state index contributed by atoms with van der Waals surface area (Å²) < 4.78 is 3.60. The van der Waals surface area contributed by atoms with Crippen LogP contribution in [0, 0.1) is 5.92 Å². The van der Waals surface area contributed by atoms with Gasteiger partial charge in [0.15, 0.2) is 0 Å². The molecule has 4 aromatic heterocycles. The van der Waals surface area contributed by atoms with E-state index in [4.69, 9.17) is 10.8 Å². The van der Waals surface area contributed by atoms with Gasteiger partial charge in [-0.1, -0.05) is 24.2 Å². The van der Waals surface area contributed by atoms with E-state index in [0.717, 1.165) is 54.4 Å². The minimum atomic E-state index is -0.0188. The van der Waals surface area contributed by atoms with Crippen molar-refractivity contribution < 1.29 is 0 Å². The van der Waals surface area contributed by atoms with E-state index in [-0.39, 0.29) is 6.04 Å². The fourth-order valence-corrected chi connectivity index (χ4v) is 5.39. The molecular formula is C21H20N8S2. The van der Waals surface area contributed by atoms with Gasteiger partial charge in [-0.3, -0.25) is 9.67 Å². The number of benzene rings is 1. The number of rotatable bonds is 6. The smallest absolute Gasteiger partial charge is 0.235 e. The molecule has 4 heterocycles. The highest BCUT2D eigenvalue weighted by molar-refractivity contribution is 7.99. The van der Waals surface area contributed by atoms with E-state index in [2.05, 4.69) is 38.5 Å². The first-order valence-corrected chi connectivity index (χ1v) is 11.8. The molecule has 5 aromatic rings. The van der Waals surface area contributed by atoms with Crippen molar-refractivity contribution in [3.05, 3.63) is 47.9 Å². The Bertz CT molecular complexity index is 1400. The monoisotopic (exact) mass is 448 g/mol. The second-order valence-electron chi connectivity index (χ2n) is 7.99. The highest BCUT2D eigenvalue weighted by atomic mass is 32.2. The number of nitrogens with zero attached hydrogens (tertiary/aromatic N) is 7. The molecule has 1 aliphatic carbocycles. The Labute approximate surface area is 186 Å². The van der Waals surface area contributed by atoms with Crippen molar-refractivity contribution in [1.82, 2.24) is 34.6 Å². The average molecular weight is 449 g/mol. The van der Waals surface area contributed by atoms with Gasteiger partial charge in [-0.2, -0.15) is 14.7 Å². The summed E-state index contributed by atoms with van der Waals surface area (Å²) in [7, 11) is 1.91. The first kappa shape index (κ1) is 18.9. The molecule has 156 valence electrons. The minimum Gasteiger partial charge on any atom is -0.322 e. The molecule has 0 aliphatic heterocycles. The normalized spacial score (nSPS) is 15.2. The van der Waals surface area contributed by atoms with Gasteiger partial charge in [0.2, 0.25) is 10.1 Å². The molecular weight excluding hydrogens is 428 g/mol. The maximum atomic E-state index is 6.35. The molecule has 0 spiro atoms. The second kappa shape index (κ2) is 7.40. The van der Waals surface area contributed by atoms with Crippen LogP contribution in [0.2, 0.25) is 0 Å². The molecule has 0 unspecified atom stereocenters. The van der Waals surface area contributed by atoms with Crippen molar-refractivity contribution in [3.8, 4) is 11.1 Å². The van der Waals surface area contributed by atoms with Gasteiger partial charge < -0.3 is 5.73 Å². The maximum Gasteiger partial charge on any atom is 0.235 e. The van der Waals surface area contributed by atoms with E-state index < -0.39 is 0 Å². The third kappa shape index (κ3) is 3.71. The summed E-state index contributed by atoms with van der Waals surface area (Å²) >= 11 is 3.08. The van der Waals surface area contributed by atoms with Gasteiger partial charge in [0.1, 0.15) is 5.01 Å².